The number of hydrogen-bond acceptors (Lipinski definition) is 15. The summed E-state index contributed by atoms with van der Waals surface area (Å²) >= 11 is 0. The summed E-state index contributed by atoms with van der Waals surface area (Å²) in [6.45, 7) is 4.80. The van der Waals surface area contributed by atoms with Crippen LogP contribution in [0.25, 0.3) is 0 Å². The Bertz CT molecular complexity index is 1600. The number of ether oxygens (including phenoxy) is 4. The molecule has 2 unspecified atom stereocenters. The average molecular weight is 1230 g/mol. The minimum absolute atomic E-state index is 0.105. The van der Waals surface area contributed by atoms with Crippen LogP contribution in [0.1, 0.15) is 329 Å². The average Bonchev–Trinajstić information content (AvgIpc) is 3.46. The van der Waals surface area contributed by atoms with Crippen molar-refractivity contribution in [1.29, 1.82) is 0 Å². The molecule has 5 atom stereocenters. The van der Waals surface area contributed by atoms with E-state index in [4.69, 9.17) is 37.0 Å². The van der Waals surface area contributed by atoms with Crippen molar-refractivity contribution in [2.45, 2.75) is 348 Å². The number of phosphoric ester groups is 2. The van der Waals surface area contributed by atoms with E-state index in [-0.39, 0.29) is 25.7 Å². The molecule has 0 aromatic carbocycles. The van der Waals surface area contributed by atoms with Crippen molar-refractivity contribution in [2.24, 2.45) is 0 Å². The lowest BCUT2D eigenvalue weighted by molar-refractivity contribution is -0.161. The van der Waals surface area contributed by atoms with Crippen LogP contribution in [-0.4, -0.2) is 96.7 Å². The standard InChI is InChI=1S/C64H124O17P2/c1-5-9-13-17-21-24-25-26-27-28-29-30-31-32-33-34-35-39-43-47-51-64(69)81-60(55-75-62(67)49-45-41-37-22-18-14-10-6-2)57-79-83(72,73)77-53-58(65)52-76-82(70,71)78-56-59(54-74-61(66)48-44-40-36-20-16-12-8-4)80-63(68)50-46-42-38-23-19-15-11-7-3/h58-60,65H,5-57H2,1-4H3,(H,70,71)(H,72,73)/t58-,59+,60+/m0/s1. The van der Waals surface area contributed by atoms with Crippen LogP contribution < -0.4 is 0 Å². The van der Waals surface area contributed by atoms with Crippen LogP contribution in [0, 0.1) is 0 Å². The first-order valence-corrected chi connectivity index (χ1v) is 36.8. The van der Waals surface area contributed by atoms with E-state index in [0.29, 0.717) is 25.7 Å². The second-order valence-electron chi connectivity index (χ2n) is 23.2. The highest BCUT2D eigenvalue weighted by molar-refractivity contribution is 7.47. The second kappa shape index (κ2) is 59.0. The zero-order valence-electron chi connectivity index (χ0n) is 53.2. The van der Waals surface area contributed by atoms with E-state index in [1.165, 1.54) is 135 Å². The van der Waals surface area contributed by atoms with Gasteiger partial charge in [0.05, 0.1) is 26.4 Å². The van der Waals surface area contributed by atoms with Crippen LogP contribution in [-0.2, 0) is 65.4 Å². The van der Waals surface area contributed by atoms with E-state index < -0.39 is 97.5 Å². The monoisotopic (exact) mass is 1230 g/mol. The number of hydrogen-bond donors (Lipinski definition) is 3. The Morgan fingerprint density at radius 2 is 0.482 bits per heavy atom. The van der Waals surface area contributed by atoms with Crippen molar-refractivity contribution >= 4 is 39.5 Å². The first-order chi connectivity index (χ1) is 40.2. The fourth-order valence-electron chi connectivity index (χ4n) is 9.63. The van der Waals surface area contributed by atoms with Gasteiger partial charge in [0.1, 0.15) is 19.3 Å². The van der Waals surface area contributed by atoms with Gasteiger partial charge >= 0.3 is 39.5 Å². The summed E-state index contributed by atoms with van der Waals surface area (Å²) in [5.74, 6) is -2.14. The van der Waals surface area contributed by atoms with Gasteiger partial charge in [-0.25, -0.2) is 9.13 Å². The largest absolute Gasteiger partial charge is 0.472 e. The van der Waals surface area contributed by atoms with E-state index >= 15 is 0 Å². The van der Waals surface area contributed by atoms with Gasteiger partial charge in [-0.15, -0.1) is 0 Å². The molecule has 83 heavy (non-hydrogen) atoms. The molecule has 0 aliphatic rings. The molecule has 0 bridgehead atoms. The molecule has 17 nitrogen and oxygen atoms in total. The molecule has 0 heterocycles. The van der Waals surface area contributed by atoms with Crippen LogP contribution in [0.2, 0.25) is 0 Å². The van der Waals surface area contributed by atoms with Crippen molar-refractivity contribution < 1.29 is 80.2 Å². The van der Waals surface area contributed by atoms with E-state index in [2.05, 4.69) is 27.7 Å². The third kappa shape index (κ3) is 58.8. The predicted octanol–water partition coefficient (Wildman–Crippen LogP) is 17.9. The molecule has 0 saturated carbocycles. The van der Waals surface area contributed by atoms with E-state index in [1.807, 2.05) is 0 Å². The quantitative estimate of drug-likeness (QED) is 0.0222. The number of aliphatic hydroxyl groups excluding tert-OH is 1. The van der Waals surface area contributed by atoms with Gasteiger partial charge in [0, 0.05) is 25.7 Å². The van der Waals surface area contributed by atoms with Gasteiger partial charge in [0.15, 0.2) is 12.2 Å². The van der Waals surface area contributed by atoms with Crippen molar-refractivity contribution in [2.75, 3.05) is 39.6 Å². The van der Waals surface area contributed by atoms with Crippen LogP contribution in [0.5, 0.6) is 0 Å². The lowest BCUT2D eigenvalue weighted by Crippen LogP contribution is -2.30. The lowest BCUT2D eigenvalue weighted by Gasteiger charge is -2.21. The van der Waals surface area contributed by atoms with Gasteiger partial charge in [0.25, 0.3) is 0 Å². The van der Waals surface area contributed by atoms with Crippen LogP contribution in [0.3, 0.4) is 0 Å². The molecule has 0 amide bonds. The molecule has 0 rings (SSSR count). The Balaban J connectivity index is 5.07. The maximum atomic E-state index is 13.0. The third-order valence-corrected chi connectivity index (χ3v) is 16.8. The summed E-state index contributed by atoms with van der Waals surface area (Å²) < 4.78 is 67.7. The summed E-state index contributed by atoms with van der Waals surface area (Å²) in [5.41, 5.74) is 0. The Morgan fingerprint density at radius 3 is 0.711 bits per heavy atom. The topological polar surface area (TPSA) is 237 Å². The summed E-state index contributed by atoms with van der Waals surface area (Å²) in [5, 5.41) is 10.5. The number of phosphoric acid groups is 2. The van der Waals surface area contributed by atoms with E-state index in [0.717, 1.165) is 116 Å². The minimum atomic E-state index is -4.94. The number of carbonyl (C=O) groups is 4. The Morgan fingerprint density at radius 1 is 0.289 bits per heavy atom. The number of aliphatic hydroxyl groups is 1. The molecular formula is C64H124O17P2. The van der Waals surface area contributed by atoms with Crippen LogP contribution in [0.4, 0.5) is 0 Å². The molecule has 0 saturated heterocycles. The smallest absolute Gasteiger partial charge is 0.462 e. The maximum absolute atomic E-state index is 13.0. The Kier molecular flexibility index (Phi) is 57.7. The summed E-state index contributed by atoms with van der Waals surface area (Å²) in [6, 6.07) is 0. The highest BCUT2D eigenvalue weighted by atomic mass is 31.2. The molecule has 3 N–H and O–H groups in total. The SMILES string of the molecule is CCCCCCCCCCCCCCCCCCCCCCC(=O)O[C@H](COC(=O)CCCCCCCCCC)COP(=O)(O)OC[C@@H](O)COP(=O)(O)OC[C@@H](COC(=O)CCCCCCCCC)OC(=O)CCCCCCCCCC. The molecule has 0 aliphatic heterocycles. The fraction of sp³-hybridized carbons (Fsp3) is 0.938. The van der Waals surface area contributed by atoms with Gasteiger partial charge < -0.3 is 33.8 Å². The van der Waals surface area contributed by atoms with Gasteiger partial charge in [-0.2, -0.15) is 0 Å². The molecule has 19 heteroatoms. The molecule has 0 radical (unpaired) electrons. The Hall–Kier alpha value is -1.94. The van der Waals surface area contributed by atoms with Crippen molar-refractivity contribution in [1.82, 2.24) is 0 Å². The fourth-order valence-corrected chi connectivity index (χ4v) is 11.2. The number of unbranched alkanes of at least 4 members (excludes halogenated alkanes) is 39. The molecule has 0 fully saturated rings. The number of esters is 4. The molecule has 0 aromatic rings. The van der Waals surface area contributed by atoms with E-state index in [1.54, 1.807) is 0 Å². The molecule has 492 valence electrons. The second-order valence-corrected chi connectivity index (χ2v) is 26.1. The van der Waals surface area contributed by atoms with Crippen LogP contribution in [0.15, 0.2) is 0 Å². The molecular weight excluding hydrogens is 1100 g/mol. The normalized spacial score (nSPS) is 14.2. The van der Waals surface area contributed by atoms with Crippen LogP contribution >= 0.6 is 15.6 Å². The summed E-state index contributed by atoms with van der Waals surface area (Å²) in [7, 11) is -9.87. The van der Waals surface area contributed by atoms with Crippen molar-refractivity contribution in [3.05, 3.63) is 0 Å². The van der Waals surface area contributed by atoms with Gasteiger partial charge in [-0.3, -0.25) is 37.3 Å². The summed E-state index contributed by atoms with van der Waals surface area (Å²) in [4.78, 5) is 71.9. The molecule has 0 aromatic heterocycles. The zero-order chi connectivity index (χ0) is 61.2. The third-order valence-electron chi connectivity index (χ3n) is 14.9. The van der Waals surface area contributed by atoms with Gasteiger partial charge in [0.2, 0.25) is 0 Å². The van der Waals surface area contributed by atoms with Crippen molar-refractivity contribution in [3.8, 4) is 0 Å². The maximum Gasteiger partial charge on any atom is 0.472 e. The zero-order valence-corrected chi connectivity index (χ0v) is 54.9. The molecule has 0 spiro atoms. The minimum Gasteiger partial charge on any atom is -0.462 e. The summed E-state index contributed by atoms with van der Waals surface area (Å²) in [6.07, 6.45) is 44.9. The highest BCUT2D eigenvalue weighted by Gasteiger charge is 2.30. The van der Waals surface area contributed by atoms with E-state index in [9.17, 15) is 43.2 Å². The highest BCUT2D eigenvalue weighted by Crippen LogP contribution is 2.45. The number of rotatable bonds is 65. The van der Waals surface area contributed by atoms with Gasteiger partial charge in [-0.05, 0) is 25.7 Å². The number of carbonyl (C=O) groups excluding carboxylic acids is 4. The van der Waals surface area contributed by atoms with Gasteiger partial charge in [-0.1, -0.05) is 278 Å². The first-order valence-electron chi connectivity index (χ1n) is 33.8. The lowest BCUT2D eigenvalue weighted by atomic mass is 10.0. The predicted molar refractivity (Wildman–Crippen MR) is 331 cm³/mol. The van der Waals surface area contributed by atoms with Crippen molar-refractivity contribution in [3.63, 3.8) is 0 Å². The molecule has 0 aliphatic carbocycles. The Labute approximate surface area is 505 Å². The first kappa shape index (κ1) is 81.1.